The maximum Gasteiger partial charge on any atom is 0.264 e. The number of hydrogen-bond donors (Lipinski definition) is 4. The quantitative estimate of drug-likeness (QED) is 0.331. The van der Waals surface area contributed by atoms with E-state index < -0.39 is 46.8 Å². The Kier molecular flexibility index (Phi) is 8.18. The number of carbonyl (C=O) groups excluding carboxylic acids is 1. The highest BCUT2D eigenvalue weighted by molar-refractivity contribution is 7.92. The van der Waals surface area contributed by atoms with E-state index in [0.29, 0.717) is 36.6 Å². The first-order valence-electron chi connectivity index (χ1n) is 13.3. The standard InChI is InChI=1S/C27H35N3O10S/c1-15-13-28(2)20-12-17(38-3)6-9-19(20)30(15)41(36,37)18-7-4-16(5-8-18)29-11-10-21(26(29)34)39-14-22-23(31)24(32)25(33)27(35)40-22/h4-9,12,15,21-25,27,31-33,35H,10-11,13-14H2,1-3H3/t15?,21?,22-,23-,24+,25-,27+/m1/s1. The Hall–Kier alpha value is -2.98. The highest BCUT2D eigenvalue weighted by atomic mass is 32.2. The van der Waals surface area contributed by atoms with E-state index >= 15 is 0 Å². The maximum absolute atomic E-state index is 13.8. The van der Waals surface area contributed by atoms with Crippen LogP contribution in [0.15, 0.2) is 47.4 Å². The largest absolute Gasteiger partial charge is 0.497 e. The van der Waals surface area contributed by atoms with Gasteiger partial charge in [-0.2, -0.15) is 0 Å². The molecule has 2 aromatic rings. The zero-order valence-corrected chi connectivity index (χ0v) is 23.7. The van der Waals surface area contributed by atoms with Gasteiger partial charge in [-0.25, -0.2) is 8.42 Å². The number of amides is 1. The van der Waals surface area contributed by atoms with Gasteiger partial charge in [0.2, 0.25) is 0 Å². The fourth-order valence-corrected chi connectivity index (χ4v) is 7.21. The van der Waals surface area contributed by atoms with Gasteiger partial charge in [0, 0.05) is 38.3 Å². The fourth-order valence-electron chi connectivity index (χ4n) is 5.55. The molecule has 1 amide bonds. The van der Waals surface area contributed by atoms with Gasteiger partial charge in [0.05, 0.1) is 36.0 Å². The fraction of sp³-hybridized carbons (Fsp3) is 0.519. The van der Waals surface area contributed by atoms with E-state index in [2.05, 4.69) is 0 Å². The molecule has 2 saturated heterocycles. The summed E-state index contributed by atoms with van der Waals surface area (Å²) in [4.78, 5) is 16.6. The second-order valence-electron chi connectivity index (χ2n) is 10.5. The molecular formula is C27H35N3O10S. The minimum atomic E-state index is -3.93. The molecule has 3 heterocycles. The Morgan fingerprint density at radius 3 is 2.39 bits per heavy atom. The summed E-state index contributed by atoms with van der Waals surface area (Å²) in [6.07, 6.45) is -8.16. The highest BCUT2D eigenvalue weighted by Crippen LogP contribution is 2.40. The molecule has 3 aliphatic rings. The predicted molar refractivity (Wildman–Crippen MR) is 147 cm³/mol. The van der Waals surface area contributed by atoms with Gasteiger partial charge in [-0.15, -0.1) is 0 Å². The molecule has 2 fully saturated rings. The van der Waals surface area contributed by atoms with Gasteiger partial charge >= 0.3 is 0 Å². The number of likely N-dealkylation sites (N-methyl/N-ethyl adjacent to an activating group) is 1. The Balaban J connectivity index is 1.28. The number of fused-ring (bicyclic) bond motifs is 1. The zero-order chi connectivity index (χ0) is 29.6. The number of methoxy groups -OCH3 is 1. The van der Waals surface area contributed by atoms with Crippen LogP contribution in [0.2, 0.25) is 0 Å². The van der Waals surface area contributed by atoms with E-state index in [1.807, 2.05) is 18.9 Å². The minimum absolute atomic E-state index is 0.0848. The molecule has 0 aromatic heterocycles. The Morgan fingerprint density at radius 2 is 1.71 bits per heavy atom. The van der Waals surface area contributed by atoms with Gasteiger partial charge in [-0.1, -0.05) is 0 Å². The lowest BCUT2D eigenvalue weighted by molar-refractivity contribution is -0.289. The molecule has 3 aliphatic heterocycles. The molecule has 13 nitrogen and oxygen atoms in total. The molecule has 2 aromatic carbocycles. The summed E-state index contributed by atoms with van der Waals surface area (Å²) in [6, 6.07) is 11.0. The third kappa shape index (κ3) is 5.36. The number of rotatable bonds is 7. The number of benzene rings is 2. The number of carbonyl (C=O) groups is 1. The SMILES string of the molecule is COc1ccc2c(c1)N(C)CC(C)N2S(=O)(=O)c1ccc(N2CCC(OC[C@H]3O[C@H](O)[C@H](O)[C@@H](O)[C@@H]3O)C2=O)cc1. The molecule has 14 heteroatoms. The number of sulfonamides is 1. The van der Waals surface area contributed by atoms with Gasteiger partial charge in [0.1, 0.15) is 36.3 Å². The Labute approximate surface area is 238 Å². The van der Waals surface area contributed by atoms with Gasteiger partial charge in [0.15, 0.2) is 6.29 Å². The predicted octanol–water partition coefficient (Wildman–Crippen LogP) is -0.349. The maximum atomic E-state index is 13.8. The first kappa shape index (κ1) is 29.5. The smallest absolute Gasteiger partial charge is 0.264 e. The van der Waals surface area contributed by atoms with E-state index in [4.69, 9.17) is 14.2 Å². The van der Waals surface area contributed by atoms with Crippen LogP contribution in [0.3, 0.4) is 0 Å². The molecule has 0 aliphatic carbocycles. The summed E-state index contributed by atoms with van der Waals surface area (Å²) in [5, 5.41) is 39.3. The van der Waals surface area contributed by atoms with E-state index in [1.165, 1.54) is 21.3 Å². The van der Waals surface area contributed by atoms with Crippen molar-refractivity contribution < 1.29 is 47.8 Å². The molecule has 0 spiro atoms. The van der Waals surface area contributed by atoms with Crippen LogP contribution in [0, 0.1) is 0 Å². The van der Waals surface area contributed by atoms with Gasteiger partial charge < -0.3 is 44.4 Å². The molecule has 0 radical (unpaired) electrons. The lowest BCUT2D eigenvalue weighted by atomic mass is 9.99. The number of hydrogen-bond acceptors (Lipinski definition) is 11. The Morgan fingerprint density at radius 1 is 1.00 bits per heavy atom. The summed E-state index contributed by atoms with van der Waals surface area (Å²) < 4.78 is 45.1. The molecular weight excluding hydrogens is 558 g/mol. The second kappa shape index (κ2) is 11.4. The second-order valence-corrected chi connectivity index (χ2v) is 12.3. The van der Waals surface area contributed by atoms with Crippen molar-refractivity contribution >= 4 is 33.0 Å². The molecule has 7 atom stereocenters. The van der Waals surface area contributed by atoms with E-state index in [1.54, 1.807) is 37.4 Å². The summed E-state index contributed by atoms with van der Waals surface area (Å²) in [6.45, 7) is 2.36. The molecule has 0 saturated carbocycles. The Bertz CT molecular complexity index is 1370. The van der Waals surface area contributed by atoms with Crippen LogP contribution in [-0.4, -0.2) is 111 Å². The van der Waals surface area contributed by atoms with Crippen LogP contribution in [0.25, 0.3) is 0 Å². The van der Waals surface area contributed by atoms with Crippen molar-refractivity contribution in [2.75, 3.05) is 48.0 Å². The average Bonchev–Trinajstić information content (AvgIpc) is 3.32. The monoisotopic (exact) mass is 593 g/mol. The zero-order valence-electron chi connectivity index (χ0n) is 22.9. The van der Waals surface area contributed by atoms with Crippen LogP contribution in [-0.2, 0) is 24.3 Å². The topological polar surface area (TPSA) is 170 Å². The molecule has 224 valence electrons. The van der Waals surface area contributed by atoms with Crippen LogP contribution in [0.1, 0.15) is 13.3 Å². The first-order valence-corrected chi connectivity index (χ1v) is 14.7. The van der Waals surface area contributed by atoms with Crippen molar-refractivity contribution in [1.29, 1.82) is 0 Å². The van der Waals surface area contributed by atoms with Crippen molar-refractivity contribution in [3.8, 4) is 5.75 Å². The normalized spacial score (nSPS) is 30.5. The molecule has 4 N–H and O–H groups in total. The summed E-state index contributed by atoms with van der Waals surface area (Å²) >= 11 is 0. The van der Waals surface area contributed by atoms with Crippen LogP contribution >= 0.6 is 0 Å². The van der Waals surface area contributed by atoms with Crippen molar-refractivity contribution in [1.82, 2.24) is 0 Å². The average molecular weight is 594 g/mol. The lowest BCUT2D eigenvalue weighted by Crippen LogP contribution is -2.58. The first-order chi connectivity index (χ1) is 19.4. The number of nitrogens with zero attached hydrogens (tertiary/aromatic N) is 3. The minimum Gasteiger partial charge on any atom is -0.497 e. The van der Waals surface area contributed by atoms with Crippen molar-refractivity contribution in [3.05, 3.63) is 42.5 Å². The summed E-state index contributed by atoms with van der Waals surface area (Å²) in [7, 11) is -0.472. The summed E-state index contributed by atoms with van der Waals surface area (Å²) in [5.74, 6) is 0.267. The summed E-state index contributed by atoms with van der Waals surface area (Å²) in [5.41, 5.74) is 1.79. The molecule has 2 unspecified atom stereocenters. The number of anilines is 3. The van der Waals surface area contributed by atoms with Crippen LogP contribution in [0.4, 0.5) is 17.1 Å². The van der Waals surface area contributed by atoms with Gasteiger partial charge in [-0.05, 0) is 43.3 Å². The van der Waals surface area contributed by atoms with Crippen molar-refractivity contribution in [2.24, 2.45) is 0 Å². The number of aliphatic hydroxyl groups is 4. The lowest BCUT2D eigenvalue weighted by Gasteiger charge is -2.41. The van der Waals surface area contributed by atoms with E-state index in [9.17, 15) is 33.6 Å². The number of aliphatic hydroxyl groups excluding tert-OH is 4. The van der Waals surface area contributed by atoms with Crippen LogP contribution < -0.4 is 18.8 Å². The third-order valence-electron chi connectivity index (χ3n) is 7.78. The number of ether oxygens (including phenoxy) is 3. The van der Waals surface area contributed by atoms with E-state index in [0.717, 1.165) is 5.69 Å². The highest BCUT2D eigenvalue weighted by Gasteiger charge is 2.44. The van der Waals surface area contributed by atoms with Gasteiger partial charge in [0.25, 0.3) is 15.9 Å². The van der Waals surface area contributed by atoms with Gasteiger partial charge in [-0.3, -0.25) is 9.10 Å². The molecule has 41 heavy (non-hydrogen) atoms. The van der Waals surface area contributed by atoms with Crippen LogP contribution in [0.5, 0.6) is 5.75 Å². The van der Waals surface area contributed by atoms with Crippen molar-refractivity contribution in [2.45, 2.75) is 61.1 Å². The van der Waals surface area contributed by atoms with Crippen molar-refractivity contribution in [3.63, 3.8) is 0 Å². The molecule has 0 bridgehead atoms. The van der Waals surface area contributed by atoms with E-state index in [-0.39, 0.29) is 23.5 Å². The third-order valence-corrected chi connectivity index (χ3v) is 9.72. The molecule has 5 rings (SSSR count).